The summed E-state index contributed by atoms with van der Waals surface area (Å²) in [4.78, 5) is 0. The lowest BCUT2D eigenvalue weighted by Crippen LogP contribution is -2.76. The van der Waals surface area contributed by atoms with Crippen LogP contribution in [0, 0.1) is 3.57 Å². The van der Waals surface area contributed by atoms with E-state index in [-0.39, 0.29) is 0 Å². The molecule has 4 heteroatoms. The fourth-order valence-corrected chi connectivity index (χ4v) is 10.6. The Morgan fingerprint density at radius 1 is 0.643 bits per heavy atom. The van der Waals surface area contributed by atoms with Crippen molar-refractivity contribution in [2.75, 3.05) is 0 Å². The molecule has 0 aliphatic carbocycles. The molecule has 136 valence electrons. The van der Waals surface area contributed by atoms with E-state index in [1.54, 1.807) is 0 Å². The van der Waals surface area contributed by atoms with Crippen molar-refractivity contribution in [2.45, 2.75) is 0 Å². The van der Waals surface area contributed by atoms with Gasteiger partial charge in [-0.15, -0.1) is 0 Å². The predicted molar refractivity (Wildman–Crippen MR) is 131 cm³/mol. The third-order valence-corrected chi connectivity index (χ3v) is 11.3. The lowest BCUT2D eigenvalue weighted by Gasteiger charge is -2.39. The monoisotopic (exact) mass is 554 g/mol. The van der Waals surface area contributed by atoms with Gasteiger partial charge in [-0.05, 0) is 79.7 Å². The molecule has 0 radical (unpaired) electrons. The Morgan fingerprint density at radius 3 is 1.79 bits per heavy atom. The fourth-order valence-electron chi connectivity index (χ4n) is 4.20. The minimum atomic E-state index is -2.50. The highest BCUT2D eigenvalue weighted by atomic mass is 127. The molecule has 0 N–H and O–H groups in total. The molecule has 0 bridgehead atoms. The molecule has 0 saturated heterocycles. The standard InChI is InChI=1S/C24H16BrIOSi/c25-17-11-13-21-23(15-17)28(19-7-3-1-4-8-19,20-9-5-2-6-10-20)24-16-18(26)12-14-22(24)27-21/h1-16H. The van der Waals surface area contributed by atoms with Gasteiger partial charge in [0.05, 0.1) is 0 Å². The molecule has 0 amide bonds. The number of halogens is 2. The van der Waals surface area contributed by atoms with Gasteiger partial charge in [-0.25, -0.2) is 0 Å². The molecule has 0 fully saturated rings. The average Bonchev–Trinajstić information content (AvgIpc) is 2.74. The molecular weight excluding hydrogens is 539 g/mol. The molecule has 1 aliphatic rings. The van der Waals surface area contributed by atoms with Crippen molar-refractivity contribution >= 4 is 67.3 Å². The summed E-state index contributed by atoms with van der Waals surface area (Å²) >= 11 is 6.11. The van der Waals surface area contributed by atoms with Gasteiger partial charge in [-0.1, -0.05) is 76.6 Å². The molecule has 0 atom stereocenters. The van der Waals surface area contributed by atoms with E-state index >= 15 is 0 Å². The van der Waals surface area contributed by atoms with Crippen LogP contribution in [0.4, 0.5) is 0 Å². The number of fused-ring (bicyclic) bond motifs is 2. The van der Waals surface area contributed by atoms with Crippen LogP contribution >= 0.6 is 38.5 Å². The van der Waals surface area contributed by atoms with Crippen molar-refractivity contribution in [2.24, 2.45) is 0 Å². The van der Waals surface area contributed by atoms with E-state index in [1.807, 2.05) is 0 Å². The van der Waals surface area contributed by atoms with Crippen LogP contribution in [-0.4, -0.2) is 8.07 Å². The minimum absolute atomic E-state index is 0.955. The summed E-state index contributed by atoms with van der Waals surface area (Å²) in [6, 6.07) is 34.8. The van der Waals surface area contributed by atoms with Crippen molar-refractivity contribution in [1.29, 1.82) is 0 Å². The SMILES string of the molecule is Brc1ccc2c(c1)[Si](c1ccccc1)(c1ccccc1)c1cc(I)ccc1O2. The second kappa shape index (κ2) is 7.17. The summed E-state index contributed by atoms with van der Waals surface area (Å²) < 4.78 is 8.70. The second-order valence-electron chi connectivity index (χ2n) is 6.87. The molecule has 4 aromatic carbocycles. The maximum Gasteiger partial charge on any atom is 0.188 e. The van der Waals surface area contributed by atoms with Crippen LogP contribution < -0.4 is 25.5 Å². The Balaban J connectivity index is 1.99. The van der Waals surface area contributed by atoms with Crippen molar-refractivity contribution in [3.05, 3.63) is 105 Å². The van der Waals surface area contributed by atoms with Gasteiger partial charge in [-0.2, -0.15) is 0 Å². The number of rotatable bonds is 2. The van der Waals surface area contributed by atoms with E-state index in [4.69, 9.17) is 4.74 Å². The van der Waals surface area contributed by atoms with E-state index in [1.165, 1.54) is 24.3 Å². The predicted octanol–water partition coefficient (Wildman–Crippen LogP) is 4.54. The number of ether oxygens (including phenoxy) is 1. The van der Waals surface area contributed by atoms with E-state index in [0.29, 0.717) is 0 Å². The van der Waals surface area contributed by atoms with Crippen LogP contribution in [0.5, 0.6) is 11.5 Å². The van der Waals surface area contributed by atoms with Crippen LogP contribution in [0.15, 0.2) is 102 Å². The van der Waals surface area contributed by atoms with E-state index in [0.717, 1.165) is 16.0 Å². The topological polar surface area (TPSA) is 9.23 Å². The van der Waals surface area contributed by atoms with Gasteiger partial charge in [-0.3, -0.25) is 0 Å². The van der Waals surface area contributed by atoms with Gasteiger partial charge in [0.15, 0.2) is 8.07 Å². The zero-order chi connectivity index (χ0) is 19.1. The van der Waals surface area contributed by atoms with Gasteiger partial charge >= 0.3 is 0 Å². The summed E-state index contributed by atoms with van der Waals surface area (Å²) in [5.41, 5.74) is 0. The Hall–Kier alpha value is -1.89. The number of hydrogen-bond donors (Lipinski definition) is 0. The van der Waals surface area contributed by atoms with Crippen molar-refractivity contribution < 1.29 is 4.74 Å². The Kier molecular flexibility index (Phi) is 4.65. The minimum Gasteiger partial charge on any atom is -0.458 e. The first-order chi connectivity index (χ1) is 13.7. The number of hydrogen-bond acceptors (Lipinski definition) is 1. The van der Waals surface area contributed by atoms with Crippen molar-refractivity contribution in [1.82, 2.24) is 0 Å². The number of benzene rings is 4. The molecule has 1 nitrogen and oxygen atoms in total. The average molecular weight is 555 g/mol. The largest absolute Gasteiger partial charge is 0.458 e. The first kappa shape index (κ1) is 18.2. The molecule has 1 heterocycles. The lowest BCUT2D eigenvalue weighted by atomic mass is 10.3. The molecule has 0 aromatic heterocycles. The lowest BCUT2D eigenvalue weighted by molar-refractivity contribution is 0.487. The molecule has 4 aromatic rings. The van der Waals surface area contributed by atoms with Crippen LogP contribution in [0.25, 0.3) is 0 Å². The van der Waals surface area contributed by atoms with Crippen LogP contribution in [0.3, 0.4) is 0 Å². The van der Waals surface area contributed by atoms with E-state index in [9.17, 15) is 0 Å². The summed E-state index contributed by atoms with van der Waals surface area (Å²) in [5.74, 6) is 1.92. The molecule has 5 rings (SSSR count). The maximum absolute atomic E-state index is 6.40. The summed E-state index contributed by atoms with van der Waals surface area (Å²) in [5, 5.41) is 5.33. The van der Waals surface area contributed by atoms with Gasteiger partial charge < -0.3 is 4.74 Å². The van der Waals surface area contributed by atoms with Gasteiger partial charge in [0.25, 0.3) is 0 Å². The van der Waals surface area contributed by atoms with Gasteiger partial charge in [0, 0.05) is 8.04 Å². The fraction of sp³-hybridized carbons (Fsp3) is 0. The van der Waals surface area contributed by atoms with Crippen molar-refractivity contribution in [3.63, 3.8) is 0 Å². The van der Waals surface area contributed by atoms with Crippen LogP contribution in [0.2, 0.25) is 0 Å². The Morgan fingerprint density at radius 2 is 1.18 bits per heavy atom. The molecule has 0 spiro atoms. The maximum atomic E-state index is 6.40. The Labute approximate surface area is 187 Å². The van der Waals surface area contributed by atoms with E-state index < -0.39 is 8.07 Å². The van der Waals surface area contributed by atoms with Crippen LogP contribution in [0.1, 0.15) is 0 Å². The van der Waals surface area contributed by atoms with Gasteiger partial charge in [0.2, 0.25) is 0 Å². The highest BCUT2D eigenvalue weighted by Crippen LogP contribution is 2.31. The molecule has 28 heavy (non-hydrogen) atoms. The zero-order valence-corrected chi connectivity index (χ0v) is 19.6. The first-order valence-electron chi connectivity index (χ1n) is 9.08. The van der Waals surface area contributed by atoms with Crippen molar-refractivity contribution in [3.8, 4) is 11.5 Å². The summed E-state index contributed by atoms with van der Waals surface area (Å²) in [6.45, 7) is 0. The molecule has 1 aliphatic heterocycles. The zero-order valence-electron chi connectivity index (χ0n) is 14.9. The highest BCUT2D eigenvalue weighted by Gasteiger charge is 2.48. The smallest absolute Gasteiger partial charge is 0.188 e. The second-order valence-corrected chi connectivity index (χ2v) is 12.8. The third kappa shape index (κ3) is 2.77. The first-order valence-corrected chi connectivity index (χ1v) is 13.0. The normalized spacial score (nSPS) is 13.9. The quantitative estimate of drug-likeness (QED) is 0.230. The third-order valence-electron chi connectivity index (χ3n) is 5.32. The molecule has 0 unspecified atom stereocenters. The summed E-state index contributed by atoms with van der Waals surface area (Å²) in [7, 11) is -2.50. The van der Waals surface area contributed by atoms with Crippen LogP contribution in [-0.2, 0) is 0 Å². The van der Waals surface area contributed by atoms with Gasteiger partial charge in [0.1, 0.15) is 11.5 Å². The summed E-state index contributed by atoms with van der Waals surface area (Å²) in [6.07, 6.45) is 0. The highest BCUT2D eigenvalue weighted by molar-refractivity contribution is 14.1. The molecule has 0 saturated carbocycles. The Bertz CT molecular complexity index is 1070. The molecular formula is C24H16BrIOSi. The van der Waals surface area contributed by atoms with E-state index in [2.05, 4.69) is 136 Å².